The molecule has 0 saturated carbocycles. The number of aromatic nitrogens is 1. The number of pyridine rings is 1. The number of nitrogens with two attached hydrogens (primary N) is 1. The first-order valence-electron chi connectivity index (χ1n) is 3.82. The van der Waals surface area contributed by atoms with Crippen LogP contribution in [0.3, 0.4) is 0 Å². The molecule has 1 atom stereocenters. The number of halogens is 4. The van der Waals surface area contributed by atoms with Crippen LogP contribution in [0.2, 0.25) is 5.02 Å². The van der Waals surface area contributed by atoms with Gasteiger partial charge in [-0.3, -0.25) is 4.98 Å². The van der Waals surface area contributed by atoms with Gasteiger partial charge in [-0.25, -0.2) is 8.78 Å². The molecule has 1 aromatic heterocycles. The topological polar surface area (TPSA) is 59.1 Å². The molecule has 15 heavy (non-hydrogen) atoms. The Kier molecular flexibility index (Phi) is 5.37. The summed E-state index contributed by atoms with van der Waals surface area (Å²) in [4.78, 5) is 3.64. The predicted octanol–water partition coefficient (Wildman–Crippen LogP) is 1.78. The van der Waals surface area contributed by atoms with Gasteiger partial charge in [-0.2, -0.15) is 0 Å². The van der Waals surface area contributed by atoms with Gasteiger partial charge >= 0.3 is 0 Å². The van der Waals surface area contributed by atoms with E-state index in [1.807, 2.05) is 0 Å². The summed E-state index contributed by atoms with van der Waals surface area (Å²) < 4.78 is 25.9. The van der Waals surface area contributed by atoms with Crippen LogP contribution in [0.4, 0.5) is 8.78 Å². The zero-order valence-electron chi connectivity index (χ0n) is 7.53. The molecular weight excluding hydrogens is 249 g/mol. The molecule has 0 bridgehead atoms. The van der Waals surface area contributed by atoms with Gasteiger partial charge < -0.3 is 10.8 Å². The summed E-state index contributed by atoms with van der Waals surface area (Å²) in [5.74, 6) is -3.38. The van der Waals surface area contributed by atoms with Crippen LogP contribution < -0.4 is 5.73 Å². The van der Waals surface area contributed by atoms with Gasteiger partial charge in [0.2, 0.25) is 0 Å². The van der Waals surface area contributed by atoms with Gasteiger partial charge in [-0.05, 0) is 11.6 Å². The highest BCUT2D eigenvalue weighted by Gasteiger charge is 2.38. The fourth-order valence-electron chi connectivity index (χ4n) is 0.964. The van der Waals surface area contributed by atoms with E-state index in [1.54, 1.807) is 0 Å². The fourth-order valence-corrected chi connectivity index (χ4v) is 1.20. The zero-order chi connectivity index (χ0) is 10.8. The van der Waals surface area contributed by atoms with Crippen molar-refractivity contribution >= 4 is 24.0 Å². The lowest BCUT2D eigenvalue weighted by molar-refractivity contribution is -0.0711. The summed E-state index contributed by atoms with van der Waals surface area (Å²) in [5.41, 5.74) is 5.33. The Bertz CT molecular complexity index is 325. The zero-order valence-corrected chi connectivity index (χ0v) is 9.10. The molecule has 3 N–H and O–H groups in total. The van der Waals surface area contributed by atoms with Crippen LogP contribution in [-0.4, -0.2) is 22.6 Å². The van der Waals surface area contributed by atoms with Gasteiger partial charge in [0.1, 0.15) is 6.61 Å². The average molecular weight is 259 g/mol. The Morgan fingerprint density at radius 1 is 1.60 bits per heavy atom. The minimum atomic E-state index is -3.38. The molecule has 0 radical (unpaired) electrons. The van der Waals surface area contributed by atoms with Crippen molar-refractivity contribution in [1.82, 2.24) is 4.98 Å². The van der Waals surface area contributed by atoms with E-state index >= 15 is 0 Å². The summed E-state index contributed by atoms with van der Waals surface area (Å²) in [7, 11) is 0. The molecule has 0 unspecified atom stereocenters. The average Bonchev–Trinajstić information content (AvgIpc) is 2.17. The highest BCUT2D eigenvalue weighted by atomic mass is 35.5. The van der Waals surface area contributed by atoms with Gasteiger partial charge in [0.25, 0.3) is 5.92 Å². The Morgan fingerprint density at radius 3 is 2.67 bits per heavy atom. The molecule has 1 aromatic rings. The third kappa shape index (κ3) is 3.24. The maximum absolute atomic E-state index is 13.0. The third-order valence-electron chi connectivity index (χ3n) is 1.80. The third-order valence-corrected chi connectivity index (χ3v) is 2.12. The van der Waals surface area contributed by atoms with Gasteiger partial charge in [0.05, 0.1) is 11.1 Å². The highest BCUT2D eigenvalue weighted by Crippen LogP contribution is 2.31. The number of aliphatic hydroxyl groups excluding tert-OH is 1. The second kappa shape index (κ2) is 5.55. The number of hydrogen-bond acceptors (Lipinski definition) is 3. The number of nitrogens with zero attached hydrogens (tertiary/aromatic N) is 1. The van der Waals surface area contributed by atoms with Gasteiger partial charge in [-0.1, -0.05) is 11.6 Å². The van der Waals surface area contributed by atoms with Crippen LogP contribution in [0.15, 0.2) is 18.5 Å². The lowest BCUT2D eigenvalue weighted by Gasteiger charge is -2.22. The van der Waals surface area contributed by atoms with E-state index < -0.39 is 18.6 Å². The summed E-state index contributed by atoms with van der Waals surface area (Å²) in [6, 6.07) is -0.320. The Labute approximate surface area is 96.7 Å². The normalized spacial score (nSPS) is 13.1. The van der Waals surface area contributed by atoms with Crippen LogP contribution in [-0.2, 0) is 0 Å². The van der Waals surface area contributed by atoms with Crippen LogP contribution >= 0.6 is 24.0 Å². The van der Waals surface area contributed by atoms with Crippen molar-refractivity contribution in [2.75, 3.05) is 6.61 Å². The van der Waals surface area contributed by atoms with Crippen molar-refractivity contribution in [3.8, 4) is 0 Å². The minimum Gasteiger partial charge on any atom is -0.390 e. The predicted molar refractivity (Wildman–Crippen MR) is 55.5 cm³/mol. The van der Waals surface area contributed by atoms with Crippen LogP contribution in [0, 0.1) is 0 Å². The van der Waals surface area contributed by atoms with Crippen molar-refractivity contribution in [3.63, 3.8) is 0 Å². The Hall–Kier alpha value is -0.490. The van der Waals surface area contributed by atoms with Crippen LogP contribution in [0.25, 0.3) is 0 Å². The van der Waals surface area contributed by atoms with Crippen molar-refractivity contribution in [2.24, 2.45) is 5.73 Å². The van der Waals surface area contributed by atoms with E-state index in [0.717, 1.165) is 0 Å². The van der Waals surface area contributed by atoms with Crippen LogP contribution in [0.5, 0.6) is 0 Å². The summed E-state index contributed by atoms with van der Waals surface area (Å²) in [5, 5.41) is 8.49. The largest absolute Gasteiger partial charge is 0.390 e. The molecule has 86 valence electrons. The maximum Gasteiger partial charge on any atom is 0.289 e. The molecule has 1 rings (SSSR count). The van der Waals surface area contributed by atoms with Gasteiger partial charge in [0.15, 0.2) is 0 Å². The molecule has 0 aliphatic heterocycles. The molecule has 0 amide bonds. The standard InChI is InChI=1S/C8H9ClF2N2O.ClH/c9-6-3-13-2-1-5(6)7(12)8(10,11)4-14;/h1-3,7,14H,4,12H2;1H/t7-;/m0./s1. The molecule has 0 spiro atoms. The first-order valence-corrected chi connectivity index (χ1v) is 4.20. The smallest absolute Gasteiger partial charge is 0.289 e. The molecule has 0 aromatic carbocycles. The second-order valence-corrected chi connectivity index (χ2v) is 3.20. The molecule has 7 heteroatoms. The molecular formula is C8H10Cl2F2N2O. The Morgan fingerprint density at radius 2 is 2.20 bits per heavy atom. The number of alkyl halides is 2. The summed E-state index contributed by atoms with van der Waals surface area (Å²) in [6.45, 7) is -1.31. The lowest BCUT2D eigenvalue weighted by Crippen LogP contribution is -2.36. The van der Waals surface area contributed by atoms with E-state index in [0.29, 0.717) is 0 Å². The van der Waals surface area contributed by atoms with E-state index in [9.17, 15) is 8.78 Å². The SMILES string of the molecule is Cl.N[C@@H](c1ccncc1Cl)C(F)(F)CO. The maximum atomic E-state index is 13.0. The van der Waals surface area contributed by atoms with Crippen molar-refractivity contribution < 1.29 is 13.9 Å². The van der Waals surface area contributed by atoms with Gasteiger partial charge in [0, 0.05) is 12.4 Å². The first-order chi connectivity index (χ1) is 6.49. The molecule has 3 nitrogen and oxygen atoms in total. The Balaban J connectivity index is 0.00000196. The van der Waals surface area contributed by atoms with E-state index in [-0.39, 0.29) is 23.0 Å². The van der Waals surface area contributed by atoms with Gasteiger partial charge in [-0.15, -0.1) is 12.4 Å². The first kappa shape index (κ1) is 14.5. The number of hydrogen-bond donors (Lipinski definition) is 2. The van der Waals surface area contributed by atoms with E-state index in [1.165, 1.54) is 18.5 Å². The van der Waals surface area contributed by atoms with E-state index in [2.05, 4.69) is 4.98 Å². The molecule has 0 aliphatic carbocycles. The number of rotatable bonds is 3. The van der Waals surface area contributed by atoms with Crippen molar-refractivity contribution in [2.45, 2.75) is 12.0 Å². The fraction of sp³-hybridized carbons (Fsp3) is 0.375. The minimum absolute atomic E-state index is 0. The quantitative estimate of drug-likeness (QED) is 0.869. The molecule has 0 aliphatic rings. The second-order valence-electron chi connectivity index (χ2n) is 2.79. The van der Waals surface area contributed by atoms with E-state index in [4.69, 9.17) is 22.4 Å². The summed E-state index contributed by atoms with van der Waals surface area (Å²) in [6.07, 6.45) is 2.54. The van der Waals surface area contributed by atoms with Crippen LogP contribution in [0.1, 0.15) is 11.6 Å². The number of aliphatic hydroxyl groups is 1. The lowest BCUT2D eigenvalue weighted by atomic mass is 10.0. The molecule has 0 saturated heterocycles. The summed E-state index contributed by atoms with van der Waals surface area (Å²) >= 11 is 5.62. The monoisotopic (exact) mass is 258 g/mol. The highest BCUT2D eigenvalue weighted by molar-refractivity contribution is 6.31. The van der Waals surface area contributed by atoms with Crippen molar-refractivity contribution in [3.05, 3.63) is 29.0 Å². The molecule has 1 heterocycles. The van der Waals surface area contributed by atoms with Crippen molar-refractivity contribution in [1.29, 1.82) is 0 Å². The molecule has 0 fully saturated rings.